The van der Waals surface area contributed by atoms with Gasteiger partial charge in [-0.05, 0) is 26.0 Å². The maximum absolute atomic E-state index is 10.8. The summed E-state index contributed by atoms with van der Waals surface area (Å²) in [7, 11) is 0. The van der Waals surface area contributed by atoms with Gasteiger partial charge in [0, 0.05) is 6.20 Å². The number of nitrogens with zero attached hydrogens (tertiary/aromatic N) is 1. The van der Waals surface area contributed by atoms with Gasteiger partial charge in [-0.25, -0.2) is 4.98 Å². The number of aliphatic carboxylic acids is 1. The van der Waals surface area contributed by atoms with Crippen molar-refractivity contribution in [2.45, 2.75) is 23.6 Å². The summed E-state index contributed by atoms with van der Waals surface area (Å²) in [5, 5.41) is 10.1. The largest absolute Gasteiger partial charge is 0.480 e. The number of carboxylic acid groups (broad SMARTS) is 1. The highest BCUT2D eigenvalue weighted by molar-refractivity contribution is 8.01. The number of aromatic nitrogens is 1. The highest BCUT2D eigenvalue weighted by Crippen LogP contribution is 2.31. The zero-order valence-electron chi connectivity index (χ0n) is 7.82. The molecule has 0 saturated carbocycles. The van der Waals surface area contributed by atoms with E-state index in [1.54, 1.807) is 26.0 Å². The highest BCUT2D eigenvalue weighted by atomic mass is 35.5. The third-order valence-corrected chi connectivity index (χ3v) is 2.93. The van der Waals surface area contributed by atoms with Crippen molar-refractivity contribution >= 4 is 29.3 Å². The lowest BCUT2D eigenvalue weighted by Gasteiger charge is -2.17. The van der Waals surface area contributed by atoms with Crippen molar-refractivity contribution in [3.05, 3.63) is 23.4 Å². The highest BCUT2D eigenvalue weighted by Gasteiger charge is 2.28. The Kier molecular flexibility index (Phi) is 3.39. The first-order valence-corrected chi connectivity index (χ1v) is 5.15. The Morgan fingerprint density at radius 2 is 2.21 bits per heavy atom. The molecule has 0 aliphatic rings. The van der Waals surface area contributed by atoms with Crippen LogP contribution in [0.1, 0.15) is 13.8 Å². The Bertz CT molecular complexity index is 337. The number of carboxylic acids is 1. The summed E-state index contributed by atoms with van der Waals surface area (Å²) >= 11 is 6.85. The van der Waals surface area contributed by atoms with Crippen LogP contribution in [-0.2, 0) is 4.79 Å². The van der Waals surface area contributed by atoms with E-state index in [2.05, 4.69) is 4.98 Å². The fourth-order valence-electron chi connectivity index (χ4n) is 0.728. The van der Waals surface area contributed by atoms with Crippen molar-refractivity contribution < 1.29 is 9.90 Å². The Morgan fingerprint density at radius 3 is 2.64 bits per heavy atom. The minimum atomic E-state index is -0.874. The molecule has 0 bridgehead atoms. The zero-order chi connectivity index (χ0) is 10.8. The van der Waals surface area contributed by atoms with Gasteiger partial charge in [0.25, 0.3) is 0 Å². The van der Waals surface area contributed by atoms with Gasteiger partial charge in [0.05, 0.1) is 10.0 Å². The summed E-state index contributed by atoms with van der Waals surface area (Å²) in [5.41, 5.74) is 0. The maximum atomic E-state index is 10.8. The molecule has 0 radical (unpaired) electrons. The molecule has 0 aliphatic carbocycles. The molecule has 0 unspecified atom stereocenters. The average molecular weight is 232 g/mol. The minimum Gasteiger partial charge on any atom is -0.480 e. The molecule has 0 atom stereocenters. The number of hydrogen-bond acceptors (Lipinski definition) is 3. The summed E-state index contributed by atoms with van der Waals surface area (Å²) in [6.07, 6.45) is 1.50. The van der Waals surface area contributed by atoms with Crippen LogP contribution in [-0.4, -0.2) is 20.8 Å². The van der Waals surface area contributed by atoms with Crippen LogP contribution in [0.2, 0.25) is 5.02 Å². The number of hydrogen-bond donors (Lipinski definition) is 1. The third kappa shape index (κ3) is 2.89. The second kappa shape index (κ2) is 4.19. The van der Waals surface area contributed by atoms with E-state index in [0.29, 0.717) is 10.0 Å². The maximum Gasteiger partial charge on any atom is 0.319 e. The second-order valence-electron chi connectivity index (χ2n) is 3.23. The van der Waals surface area contributed by atoms with Gasteiger partial charge >= 0.3 is 5.97 Å². The van der Waals surface area contributed by atoms with Gasteiger partial charge in [-0.3, -0.25) is 4.79 Å². The molecule has 0 spiro atoms. The molecule has 1 aromatic rings. The monoisotopic (exact) mass is 231 g/mol. The minimum absolute atomic E-state index is 0.544. The zero-order valence-corrected chi connectivity index (χ0v) is 9.39. The summed E-state index contributed by atoms with van der Waals surface area (Å²) in [5.74, 6) is -0.862. The predicted octanol–water partition coefficient (Wildman–Crippen LogP) is 2.69. The van der Waals surface area contributed by atoms with Crippen LogP contribution in [0.15, 0.2) is 23.4 Å². The lowest BCUT2D eigenvalue weighted by Crippen LogP contribution is -2.27. The van der Waals surface area contributed by atoms with Gasteiger partial charge in [-0.15, -0.1) is 0 Å². The van der Waals surface area contributed by atoms with Crippen LogP contribution in [0.4, 0.5) is 0 Å². The molecule has 0 saturated heterocycles. The lowest BCUT2D eigenvalue weighted by molar-refractivity contribution is -0.138. The van der Waals surface area contributed by atoms with Gasteiger partial charge in [0.2, 0.25) is 0 Å². The van der Waals surface area contributed by atoms with E-state index < -0.39 is 10.7 Å². The molecule has 1 aromatic heterocycles. The molecule has 0 aliphatic heterocycles. The lowest BCUT2D eigenvalue weighted by atomic mass is 10.2. The van der Waals surface area contributed by atoms with Crippen molar-refractivity contribution in [3.63, 3.8) is 0 Å². The Morgan fingerprint density at radius 1 is 1.57 bits per heavy atom. The van der Waals surface area contributed by atoms with Crippen LogP contribution in [0.3, 0.4) is 0 Å². The summed E-state index contributed by atoms with van der Waals surface area (Å²) < 4.78 is -0.874. The molecular formula is C9H10ClNO2S. The first-order valence-electron chi connectivity index (χ1n) is 3.96. The molecule has 76 valence electrons. The fourth-order valence-corrected chi connectivity index (χ4v) is 1.69. The van der Waals surface area contributed by atoms with Crippen molar-refractivity contribution in [2.24, 2.45) is 0 Å². The van der Waals surface area contributed by atoms with Crippen LogP contribution < -0.4 is 0 Å². The third-order valence-electron chi connectivity index (χ3n) is 1.58. The normalized spacial score (nSPS) is 11.4. The van der Waals surface area contributed by atoms with Crippen LogP contribution >= 0.6 is 23.4 Å². The first kappa shape index (κ1) is 11.3. The van der Waals surface area contributed by atoms with E-state index in [1.165, 1.54) is 18.0 Å². The van der Waals surface area contributed by atoms with Gasteiger partial charge in [-0.2, -0.15) is 0 Å². The summed E-state index contributed by atoms with van der Waals surface area (Å²) in [6, 6.07) is 3.40. The Balaban J connectivity index is 2.79. The number of carbonyl (C=O) groups is 1. The van der Waals surface area contributed by atoms with E-state index in [0.717, 1.165) is 0 Å². The molecule has 1 N–H and O–H groups in total. The SMILES string of the molecule is CC(C)(Sc1ccc(Cl)cn1)C(=O)O. The number of pyridine rings is 1. The van der Waals surface area contributed by atoms with Crippen LogP contribution in [0.5, 0.6) is 0 Å². The van der Waals surface area contributed by atoms with Crippen molar-refractivity contribution in [1.29, 1.82) is 0 Å². The van der Waals surface area contributed by atoms with Crippen LogP contribution in [0.25, 0.3) is 0 Å². The molecule has 14 heavy (non-hydrogen) atoms. The summed E-state index contributed by atoms with van der Waals surface area (Å²) in [6.45, 7) is 3.27. The van der Waals surface area contributed by atoms with Crippen molar-refractivity contribution in [1.82, 2.24) is 4.98 Å². The Hall–Kier alpha value is -0.740. The number of rotatable bonds is 3. The standard InChI is InChI=1S/C9H10ClNO2S/c1-9(2,8(12)13)14-7-4-3-6(10)5-11-7/h3-5H,1-2H3,(H,12,13). The number of thioether (sulfide) groups is 1. The van der Waals surface area contributed by atoms with Crippen molar-refractivity contribution in [2.75, 3.05) is 0 Å². The van der Waals surface area contributed by atoms with Gasteiger partial charge < -0.3 is 5.11 Å². The molecular weight excluding hydrogens is 222 g/mol. The van der Waals surface area contributed by atoms with E-state index >= 15 is 0 Å². The van der Waals surface area contributed by atoms with Gasteiger partial charge in [-0.1, -0.05) is 23.4 Å². The van der Waals surface area contributed by atoms with Crippen LogP contribution in [0, 0.1) is 0 Å². The van der Waals surface area contributed by atoms with E-state index in [-0.39, 0.29) is 0 Å². The van der Waals surface area contributed by atoms with Crippen molar-refractivity contribution in [3.8, 4) is 0 Å². The second-order valence-corrected chi connectivity index (χ2v) is 5.31. The van der Waals surface area contributed by atoms with E-state index in [9.17, 15) is 4.79 Å². The quantitative estimate of drug-likeness (QED) is 0.813. The molecule has 5 heteroatoms. The predicted molar refractivity (Wildman–Crippen MR) is 56.8 cm³/mol. The molecule has 3 nitrogen and oxygen atoms in total. The molecule has 0 amide bonds. The average Bonchev–Trinajstić information content (AvgIpc) is 2.08. The summed E-state index contributed by atoms with van der Waals surface area (Å²) in [4.78, 5) is 14.8. The first-order chi connectivity index (χ1) is 6.42. The van der Waals surface area contributed by atoms with Gasteiger partial charge in [0.15, 0.2) is 0 Å². The van der Waals surface area contributed by atoms with E-state index in [1.807, 2.05) is 0 Å². The molecule has 0 aromatic carbocycles. The van der Waals surface area contributed by atoms with E-state index in [4.69, 9.17) is 16.7 Å². The topological polar surface area (TPSA) is 50.2 Å². The Labute approximate surface area is 91.5 Å². The molecule has 0 fully saturated rings. The molecule has 1 heterocycles. The smallest absolute Gasteiger partial charge is 0.319 e. The molecule has 1 rings (SSSR count). The fraction of sp³-hybridized carbons (Fsp3) is 0.333. The van der Waals surface area contributed by atoms with Gasteiger partial charge in [0.1, 0.15) is 4.75 Å². The number of halogens is 1.